The summed E-state index contributed by atoms with van der Waals surface area (Å²) in [4.78, 5) is 7.03. The fourth-order valence-electron chi connectivity index (χ4n) is 3.16. The molecule has 1 fully saturated rings. The van der Waals surface area contributed by atoms with Crippen LogP contribution in [0.2, 0.25) is 0 Å². The van der Waals surface area contributed by atoms with E-state index in [0.717, 1.165) is 25.2 Å². The third-order valence-corrected chi connectivity index (χ3v) is 4.62. The highest BCUT2D eigenvalue weighted by Gasteiger charge is 2.28. The number of rotatable bonds is 7. The van der Waals surface area contributed by atoms with Crippen LogP contribution in [-0.4, -0.2) is 53.9 Å². The molecule has 3 unspecified atom stereocenters. The molecule has 0 spiro atoms. The predicted molar refractivity (Wildman–Crippen MR) is 102 cm³/mol. The molecule has 2 aliphatic rings. The van der Waals surface area contributed by atoms with Gasteiger partial charge in [-0.1, -0.05) is 25.7 Å². The van der Waals surface area contributed by atoms with Crippen molar-refractivity contribution in [3.63, 3.8) is 0 Å². The Morgan fingerprint density at radius 3 is 2.76 bits per heavy atom. The molecule has 0 bridgehead atoms. The first-order valence-electron chi connectivity index (χ1n) is 9.04. The normalized spacial score (nSPS) is 30.5. The minimum Gasteiger partial charge on any atom is -0.399 e. The van der Waals surface area contributed by atoms with Crippen LogP contribution in [0.15, 0.2) is 41.2 Å². The predicted octanol–water partition coefficient (Wildman–Crippen LogP) is 1.74. The molecule has 1 saturated heterocycles. The maximum Gasteiger partial charge on any atom is 0.127 e. The van der Waals surface area contributed by atoms with Gasteiger partial charge in [0.2, 0.25) is 0 Å². The number of aliphatic imine (C=N–C) groups is 1. The van der Waals surface area contributed by atoms with E-state index in [1.54, 1.807) is 6.08 Å². The summed E-state index contributed by atoms with van der Waals surface area (Å²) in [5.41, 5.74) is 7.21. The first-order chi connectivity index (χ1) is 11.9. The van der Waals surface area contributed by atoms with Crippen molar-refractivity contribution in [1.29, 1.82) is 0 Å². The molecule has 0 amide bonds. The van der Waals surface area contributed by atoms with Crippen LogP contribution in [0.5, 0.6) is 0 Å². The molecule has 5 atom stereocenters. The van der Waals surface area contributed by atoms with Gasteiger partial charge in [0.25, 0.3) is 0 Å². The van der Waals surface area contributed by atoms with Gasteiger partial charge in [-0.15, -0.1) is 0 Å². The molecule has 2 heterocycles. The molecule has 2 aliphatic heterocycles. The Labute approximate surface area is 151 Å². The fraction of sp³-hybridized carbons (Fsp3) is 0.632. The van der Waals surface area contributed by atoms with Crippen molar-refractivity contribution in [2.75, 3.05) is 13.1 Å². The molecule has 0 saturated carbocycles. The van der Waals surface area contributed by atoms with Gasteiger partial charge in [0.15, 0.2) is 0 Å². The van der Waals surface area contributed by atoms with E-state index in [4.69, 9.17) is 10.5 Å². The molecule has 6 heteroatoms. The Kier molecular flexibility index (Phi) is 7.23. The van der Waals surface area contributed by atoms with Gasteiger partial charge in [-0.05, 0) is 26.3 Å². The second-order valence-electron chi connectivity index (χ2n) is 7.08. The lowest BCUT2D eigenvalue weighted by Gasteiger charge is -2.39. The van der Waals surface area contributed by atoms with Crippen LogP contribution < -0.4 is 11.1 Å². The van der Waals surface area contributed by atoms with Crippen molar-refractivity contribution in [3.05, 3.63) is 36.2 Å². The van der Waals surface area contributed by atoms with E-state index in [-0.39, 0.29) is 24.3 Å². The number of nitrogens with one attached hydrogen (secondary N) is 1. The summed E-state index contributed by atoms with van der Waals surface area (Å²) in [7, 11) is 0. The van der Waals surface area contributed by atoms with Crippen LogP contribution >= 0.6 is 0 Å². The number of hydrogen-bond acceptors (Lipinski definition) is 6. The SMILES string of the molecule is C=C/C(N)=C\CC(C)C(O)NC1=CCC(N2C[C@@H](C)O[C@@H](C)C2)N=C1. The van der Waals surface area contributed by atoms with Crippen LogP contribution in [0.25, 0.3) is 0 Å². The Hall–Kier alpha value is -1.63. The summed E-state index contributed by atoms with van der Waals surface area (Å²) in [6.07, 6.45) is 8.91. The Morgan fingerprint density at radius 1 is 1.52 bits per heavy atom. The van der Waals surface area contributed by atoms with Crippen molar-refractivity contribution in [2.24, 2.45) is 16.6 Å². The van der Waals surface area contributed by atoms with E-state index in [0.29, 0.717) is 12.1 Å². The number of ether oxygens (including phenoxy) is 1. The Bertz CT molecular complexity index is 534. The van der Waals surface area contributed by atoms with Crippen molar-refractivity contribution in [1.82, 2.24) is 10.2 Å². The van der Waals surface area contributed by atoms with Crippen molar-refractivity contribution in [2.45, 2.75) is 58.2 Å². The monoisotopic (exact) mass is 348 g/mol. The average Bonchev–Trinajstić information content (AvgIpc) is 2.59. The summed E-state index contributed by atoms with van der Waals surface area (Å²) >= 11 is 0. The summed E-state index contributed by atoms with van der Waals surface area (Å²) < 4.78 is 5.78. The minimum atomic E-state index is -0.647. The van der Waals surface area contributed by atoms with E-state index in [9.17, 15) is 5.11 Å². The van der Waals surface area contributed by atoms with Gasteiger partial charge in [-0.25, -0.2) is 0 Å². The van der Waals surface area contributed by atoms with Crippen molar-refractivity contribution >= 4 is 6.21 Å². The summed E-state index contributed by atoms with van der Waals surface area (Å²) in [6, 6.07) is 0. The van der Waals surface area contributed by atoms with Crippen LogP contribution in [0.4, 0.5) is 0 Å². The molecule has 0 aromatic carbocycles. The van der Waals surface area contributed by atoms with Crippen LogP contribution in [0.3, 0.4) is 0 Å². The van der Waals surface area contributed by atoms with Gasteiger partial charge < -0.3 is 20.9 Å². The van der Waals surface area contributed by atoms with Gasteiger partial charge in [0, 0.05) is 37.3 Å². The van der Waals surface area contributed by atoms with E-state index in [1.165, 1.54) is 0 Å². The van der Waals surface area contributed by atoms with E-state index >= 15 is 0 Å². The third kappa shape index (κ3) is 5.99. The van der Waals surface area contributed by atoms with E-state index < -0.39 is 6.23 Å². The lowest BCUT2D eigenvalue weighted by molar-refractivity contribution is -0.0791. The van der Waals surface area contributed by atoms with Crippen molar-refractivity contribution in [3.8, 4) is 0 Å². The number of nitrogens with zero attached hydrogens (tertiary/aromatic N) is 2. The smallest absolute Gasteiger partial charge is 0.127 e. The van der Waals surface area contributed by atoms with E-state index in [2.05, 4.69) is 41.7 Å². The van der Waals surface area contributed by atoms with Crippen molar-refractivity contribution < 1.29 is 9.84 Å². The number of aliphatic hydroxyl groups is 1. The molecule has 0 aromatic heterocycles. The molecule has 0 aliphatic carbocycles. The number of nitrogens with two attached hydrogens (primary N) is 1. The quantitative estimate of drug-likeness (QED) is 0.482. The van der Waals surface area contributed by atoms with Gasteiger partial charge in [-0.2, -0.15) is 0 Å². The summed E-state index contributed by atoms with van der Waals surface area (Å²) in [6.45, 7) is 11.6. The first-order valence-corrected chi connectivity index (χ1v) is 9.04. The minimum absolute atomic E-state index is 0.0338. The van der Waals surface area contributed by atoms with Crippen LogP contribution in [-0.2, 0) is 4.74 Å². The molecular weight excluding hydrogens is 316 g/mol. The molecular formula is C19H32N4O2. The molecule has 2 rings (SSSR count). The number of dihydropyridines is 1. The lowest BCUT2D eigenvalue weighted by Crippen LogP contribution is -2.50. The molecule has 140 valence electrons. The number of hydrogen-bond donors (Lipinski definition) is 3. The summed E-state index contributed by atoms with van der Waals surface area (Å²) in [5, 5.41) is 13.4. The van der Waals surface area contributed by atoms with Gasteiger partial charge in [-0.3, -0.25) is 9.89 Å². The zero-order valence-electron chi connectivity index (χ0n) is 15.6. The van der Waals surface area contributed by atoms with Gasteiger partial charge in [0.05, 0.1) is 17.9 Å². The fourth-order valence-corrected chi connectivity index (χ4v) is 3.16. The Balaban J connectivity index is 1.82. The highest BCUT2D eigenvalue weighted by molar-refractivity contribution is 5.78. The Morgan fingerprint density at radius 2 is 2.20 bits per heavy atom. The topological polar surface area (TPSA) is 83.1 Å². The number of aliphatic hydroxyl groups excluding tert-OH is 1. The lowest BCUT2D eigenvalue weighted by atomic mass is 10.0. The maximum atomic E-state index is 10.3. The third-order valence-electron chi connectivity index (χ3n) is 4.62. The van der Waals surface area contributed by atoms with Gasteiger partial charge >= 0.3 is 0 Å². The highest BCUT2D eigenvalue weighted by atomic mass is 16.5. The van der Waals surface area contributed by atoms with Crippen LogP contribution in [0.1, 0.15) is 33.6 Å². The molecule has 0 aromatic rings. The second-order valence-corrected chi connectivity index (χ2v) is 7.08. The average molecular weight is 348 g/mol. The molecule has 6 nitrogen and oxygen atoms in total. The summed E-state index contributed by atoms with van der Waals surface area (Å²) in [5.74, 6) is 0.0338. The maximum absolute atomic E-state index is 10.3. The standard InChI is InChI=1S/C19H32N4O2/c1-5-16(20)7-6-13(2)19(24)22-17-8-9-18(21-10-17)23-11-14(3)25-15(4)12-23/h5,7-8,10,13-15,18-19,22,24H,1,6,9,11-12,20H2,2-4H3/b16-7+/t13?,14-,15+,18?,19?. The largest absolute Gasteiger partial charge is 0.399 e. The molecule has 0 radical (unpaired) electrons. The second kappa shape index (κ2) is 9.17. The zero-order valence-corrected chi connectivity index (χ0v) is 15.6. The van der Waals surface area contributed by atoms with E-state index in [1.807, 2.05) is 19.2 Å². The molecule has 25 heavy (non-hydrogen) atoms. The van der Waals surface area contributed by atoms with Crippen LogP contribution in [0, 0.1) is 5.92 Å². The highest BCUT2D eigenvalue weighted by Crippen LogP contribution is 2.19. The number of allylic oxidation sites excluding steroid dienone is 3. The molecule has 4 N–H and O–H groups in total. The van der Waals surface area contributed by atoms with Gasteiger partial charge in [0.1, 0.15) is 12.4 Å². The zero-order chi connectivity index (χ0) is 18.4. The first kappa shape index (κ1) is 19.7. The number of morpholine rings is 1.